The maximum absolute atomic E-state index is 13.4. The number of carbonyl (C=O) groups excluding carboxylic acids is 2. The summed E-state index contributed by atoms with van der Waals surface area (Å²) in [5.41, 5.74) is 4.11. The second-order valence-electron chi connectivity index (χ2n) is 8.28. The molecule has 0 N–H and O–H groups in total. The van der Waals surface area contributed by atoms with Crippen LogP contribution in [0.25, 0.3) is 0 Å². The van der Waals surface area contributed by atoms with Gasteiger partial charge in [-0.05, 0) is 50.3 Å². The Labute approximate surface area is 176 Å². The van der Waals surface area contributed by atoms with Crippen molar-refractivity contribution in [3.8, 4) is 0 Å². The zero-order chi connectivity index (χ0) is 21.3. The molecule has 30 heavy (non-hydrogen) atoms. The quantitative estimate of drug-likeness (QED) is 0.701. The van der Waals surface area contributed by atoms with Crippen molar-refractivity contribution in [2.45, 2.75) is 51.6 Å². The van der Waals surface area contributed by atoms with Crippen LogP contribution in [0.3, 0.4) is 0 Å². The molecule has 154 valence electrons. The van der Waals surface area contributed by atoms with Gasteiger partial charge >= 0.3 is 5.97 Å². The van der Waals surface area contributed by atoms with Crippen LogP contribution in [-0.2, 0) is 14.3 Å². The summed E-state index contributed by atoms with van der Waals surface area (Å²) in [5, 5.41) is 0. The third-order valence-electron chi connectivity index (χ3n) is 5.81. The Hall–Kier alpha value is -3.08. The molecule has 0 radical (unpaired) electrons. The molecule has 1 aliphatic carbocycles. The molecule has 1 aliphatic heterocycles. The SMILES string of the molecule is CC1=NC2=C(C(=O)CC(c3ccccc3)C2)C(c2cccnc2)C1C(=O)OC(C)C. The first kappa shape index (κ1) is 20.2. The van der Waals surface area contributed by atoms with E-state index in [0.717, 1.165) is 16.8 Å². The molecule has 1 aromatic carbocycles. The van der Waals surface area contributed by atoms with Gasteiger partial charge in [0.25, 0.3) is 0 Å². The van der Waals surface area contributed by atoms with Crippen molar-refractivity contribution in [3.63, 3.8) is 0 Å². The highest BCUT2D eigenvalue weighted by Crippen LogP contribution is 2.46. The number of nitrogens with zero attached hydrogens (tertiary/aromatic N) is 2. The summed E-state index contributed by atoms with van der Waals surface area (Å²) in [4.78, 5) is 35.4. The van der Waals surface area contributed by atoms with Gasteiger partial charge in [-0.15, -0.1) is 0 Å². The molecule has 0 spiro atoms. The predicted molar refractivity (Wildman–Crippen MR) is 115 cm³/mol. The van der Waals surface area contributed by atoms with Crippen LogP contribution < -0.4 is 0 Å². The lowest BCUT2D eigenvalue weighted by Crippen LogP contribution is -2.38. The van der Waals surface area contributed by atoms with Crippen LogP contribution in [0.5, 0.6) is 0 Å². The zero-order valence-corrected chi connectivity index (χ0v) is 17.5. The number of esters is 1. The van der Waals surface area contributed by atoms with Crippen LogP contribution in [0.15, 0.2) is 71.1 Å². The molecule has 4 rings (SSSR count). The smallest absolute Gasteiger partial charge is 0.315 e. The number of rotatable bonds is 4. The van der Waals surface area contributed by atoms with Gasteiger partial charge in [0, 0.05) is 41.7 Å². The van der Waals surface area contributed by atoms with Crippen molar-refractivity contribution in [2.24, 2.45) is 10.9 Å². The number of ether oxygens (including phenoxy) is 1. The second-order valence-corrected chi connectivity index (χ2v) is 8.28. The first-order valence-electron chi connectivity index (χ1n) is 10.4. The van der Waals surface area contributed by atoms with Gasteiger partial charge in [-0.1, -0.05) is 36.4 Å². The average molecular weight is 402 g/mol. The number of Topliss-reactive ketones (excluding diaryl/α,β-unsaturated/α-hetero) is 1. The molecule has 0 fully saturated rings. The van der Waals surface area contributed by atoms with E-state index in [1.807, 2.05) is 51.1 Å². The first-order chi connectivity index (χ1) is 14.5. The molecule has 3 unspecified atom stereocenters. The number of ketones is 1. The normalized spacial score (nSPS) is 23.8. The average Bonchev–Trinajstić information content (AvgIpc) is 2.73. The van der Waals surface area contributed by atoms with E-state index in [9.17, 15) is 9.59 Å². The number of benzene rings is 1. The van der Waals surface area contributed by atoms with E-state index in [-0.39, 0.29) is 23.8 Å². The van der Waals surface area contributed by atoms with Crippen LogP contribution in [0, 0.1) is 5.92 Å². The summed E-state index contributed by atoms with van der Waals surface area (Å²) < 4.78 is 5.54. The van der Waals surface area contributed by atoms with E-state index in [4.69, 9.17) is 9.73 Å². The molecule has 0 amide bonds. The maximum Gasteiger partial charge on any atom is 0.315 e. The van der Waals surface area contributed by atoms with Crippen LogP contribution in [0.1, 0.15) is 56.6 Å². The summed E-state index contributed by atoms with van der Waals surface area (Å²) in [6, 6.07) is 13.8. The third kappa shape index (κ3) is 3.84. The fraction of sp³-hybridized carbons (Fsp3) is 0.360. The molecular formula is C25H26N2O3. The van der Waals surface area contributed by atoms with Gasteiger partial charge in [-0.25, -0.2) is 0 Å². The van der Waals surface area contributed by atoms with Gasteiger partial charge < -0.3 is 4.74 Å². The standard InChI is InChI=1S/C25H26N2O3/c1-15(2)30-25(29)22-16(3)27-20-12-19(17-8-5-4-6-9-17)13-21(28)24(20)23(22)18-10-7-11-26-14-18/h4-11,14-15,19,22-23H,12-13H2,1-3H3. The van der Waals surface area contributed by atoms with E-state index in [0.29, 0.717) is 24.1 Å². The summed E-state index contributed by atoms with van der Waals surface area (Å²) in [6.07, 6.45) is 4.29. The minimum Gasteiger partial charge on any atom is -0.462 e. The number of aromatic nitrogens is 1. The minimum absolute atomic E-state index is 0.0533. The van der Waals surface area contributed by atoms with Gasteiger partial charge in [0.1, 0.15) is 5.92 Å². The van der Waals surface area contributed by atoms with Crippen molar-refractivity contribution in [1.29, 1.82) is 0 Å². The van der Waals surface area contributed by atoms with E-state index in [2.05, 4.69) is 17.1 Å². The zero-order valence-electron chi connectivity index (χ0n) is 17.5. The highest BCUT2D eigenvalue weighted by molar-refractivity contribution is 6.09. The second kappa shape index (κ2) is 8.34. The molecule has 2 aromatic rings. The van der Waals surface area contributed by atoms with Gasteiger partial charge in [0.15, 0.2) is 5.78 Å². The topological polar surface area (TPSA) is 68.6 Å². The van der Waals surface area contributed by atoms with Crippen molar-refractivity contribution in [1.82, 2.24) is 4.98 Å². The molecule has 0 saturated carbocycles. The van der Waals surface area contributed by atoms with E-state index < -0.39 is 11.8 Å². The lowest BCUT2D eigenvalue weighted by Gasteiger charge is -2.36. The molecule has 5 heteroatoms. The Morgan fingerprint density at radius 1 is 1.07 bits per heavy atom. The number of carbonyl (C=O) groups is 2. The summed E-state index contributed by atoms with van der Waals surface area (Å²) in [6.45, 7) is 5.51. The van der Waals surface area contributed by atoms with E-state index in [1.165, 1.54) is 0 Å². The van der Waals surface area contributed by atoms with Gasteiger partial charge in [-0.2, -0.15) is 0 Å². The van der Waals surface area contributed by atoms with E-state index in [1.54, 1.807) is 12.4 Å². The van der Waals surface area contributed by atoms with Crippen molar-refractivity contribution < 1.29 is 14.3 Å². The minimum atomic E-state index is -0.618. The monoisotopic (exact) mass is 402 g/mol. The van der Waals surface area contributed by atoms with Crippen molar-refractivity contribution in [3.05, 3.63) is 77.3 Å². The van der Waals surface area contributed by atoms with Crippen LogP contribution in [-0.4, -0.2) is 28.6 Å². The Balaban J connectivity index is 1.78. The highest BCUT2D eigenvalue weighted by Gasteiger charge is 2.45. The summed E-state index contributed by atoms with van der Waals surface area (Å²) >= 11 is 0. The summed E-state index contributed by atoms with van der Waals surface area (Å²) in [5.74, 6) is -1.22. The van der Waals surface area contributed by atoms with Crippen LogP contribution in [0.2, 0.25) is 0 Å². The third-order valence-corrected chi connectivity index (χ3v) is 5.81. The van der Waals surface area contributed by atoms with Gasteiger partial charge in [0.2, 0.25) is 0 Å². The Morgan fingerprint density at radius 3 is 2.47 bits per heavy atom. The molecule has 5 nitrogen and oxygen atoms in total. The molecule has 0 saturated heterocycles. The predicted octanol–water partition coefficient (Wildman–Crippen LogP) is 4.61. The Bertz CT molecular complexity index is 1010. The van der Waals surface area contributed by atoms with Crippen LogP contribution >= 0.6 is 0 Å². The number of hydrogen-bond acceptors (Lipinski definition) is 5. The molecule has 0 bridgehead atoms. The van der Waals surface area contributed by atoms with Crippen LogP contribution in [0.4, 0.5) is 0 Å². The fourth-order valence-corrected chi connectivity index (χ4v) is 4.55. The molecular weight excluding hydrogens is 376 g/mol. The van der Waals surface area contributed by atoms with Crippen molar-refractivity contribution in [2.75, 3.05) is 0 Å². The fourth-order valence-electron chi connectivity index (χ4n) is 4.55. The summed E-state index contributed by atoms with van der Waals surface area (Å²) in [7, 11) is 0. The number of pyridine rings is 1. The largest absolute Gasteiger partial charge is 0.462 e. The lowest BCUT2D eigenvalue weighted by molar-refractivity contribution is -0.150. The van der Waals surface area contributed by atoms with Gasteiger partial charge in [0.05, 0.1) is 6.10 Å². The van der Waals surface area contributed by atoms with Gasteiger partial charge in [-0.3, -0.25) is 19.6 Å². The molecule has 2 heterocycles. The lowest BCUT2D eigenvalue weighted by atomic mass is 9.69. The number of hydrogen-bond donors (Lipinski definition) is 0. The highest BCUT2D eigenvalue weighted by atomic mass is 16.5. The Morgan fingerprint density at radius 2 is 1.80 bits per heavy atom. The molecule has 3 atom stereocenters. The molecule has 2 aliphatic rings. The van der Waals surface area contributed by atoms with E-state index >= 15 is 0 Å². The number of allylic oxidation sites excluding steroid dienone is 2. The number of aliphatic imine (C=N–C) groups is 1. The first-order valence-corrected chi connectivity index (χ1v) is 10.4. The molecule has 1 aromatic heterocycles. The maximum atomic E-state index is 13.4. The van der Waals surface area contributed by atoms with Crippen molar-refractivity contribution >= 4 is 17.5 Å². The Kier molecular flexibility index (Phi) is 5.62.